The van der Waals surface area contributed by atoms with Crippen molar-refractivity contribution in [2.45, 2.75) is 38.8 Å². The molecule has 0 aromatic heterocycles. The van der Waals surface area contributed by atoms with Crippen LogP contribution in [0.2, 0.25) is 0 Å². The second-order valence-electron chi connectivity index (χ2n) is 5.60. The lowest BCUT2D eigenvalue weighted by molar-refractivity contribution is -0.143. The predicted octanol–water partition coefficient (Wildman–Crippen LogP) is 1.21. The van der Waals surface area contributed by atoms with E-state index >= 15 is 0 Å². The molecule has 0 radical (unpaired) electrons. The van der Waals surface area contributed by atoms with E-state index in [4.69, 9.17) is 4.74 Å². The molecule has 6 heteroatoms. The summed E-state index contributed by atoms with van der Waals surface area (Å²) in [5, 5.41) is 21.4. The monoisotopic (exact) mass is 309 g/mol. The molecule has 0 bridgehead atoms. The Hall–Kier alpha value is -2.08. The fourth-order valence-electron chi connectivity index (χ4n) is 2.06. The van der Waals surface area contributed by atoms with Gasteiger partial charge in [-0.3, -0.25) is 4.79 Å². The molecule has 0 fully saturated rings. The maximum Gasteiger partial charge on any atom is 0.326 e. The van der Waals surface area contributed by atoms with Crippen molar-refractivity contribution in [2.24, 2.45) is 5.92 Å². The number of carboxylic acid groups (broad SMARTS) is 1. The van der Waals surface area contributed by atoms with Gasteiger partial charge in [-0.1, -0.05) is 26.0 Å². The van der Waals surface area contributed by atoms with E-state index in [9.17, 15) is 19.8 Å². The molecule has 0 heterocycles. The third-order valence-corrected chi connectivity index (χ3v) is 3.19. The molecule has 0 spiro atoms. The number of rotatable bonds is 8. The van der Waals surface area contributed by atoms with Crippen LogP contribution in [0.5, 0.6) is 5.75 Å². The highest BCUT2D eigenvalue weighted by molar-refractivity contribution is 5.86. The van der Waals surface area contributed by atoms with Crippen molar-refractivity contribution in [1.29, 1.82) is 0 Å². The molecule has 2 atom stereocenters. The van der Waals surface area contributed by atoms with Gasteiger partial charge in [0.05, 0.1) is 7.11 Å². The van der Waals surface area contributed by atoms with Gasteiger partial charge in [-0.05, 0) is 30.0 Å². The van der Waals surface area contributed by atoms with Crippen LogP contribution < -0.4 is 10.1 Å². The first kappa shape index (κ1) is 18.0. The normalized spacial score (nSPS) is 13.5. The third kappa shape index (κ3) is 5.73. The molecule has 1 rings (SSSR count). The minimum atomic E-state index is -1.20. The summed E-state index contributed by atoms with van der Waals surface area (Å²) in [6, 6.07) is 5.88. The summed E-state index contributed by atoms with van der Waals surface area (Å²) in [6.07, 6.45) is -0.795. The number of hydrogen-bond donors (Lipinski definition) is 3. The summed E-state index contributed by atoms with van der Waals surface area (Å²) >= 11 is 0. The Morgan fingerprint density at radius 2 is 2.00 bits per heavy atom. The second-order valence-corrected chi connectivity index (χ2v) is 5.60. The zero-order chi connectivity index (χ0) is 16.7. The Kier molecular flexibility index (Phi) is 6.85. The SMILES string of the molecule is COc1cccc(C[C@@H](NC(=O)[C@@H](O)CC(C)C)C(=O)O)c1. The van der Waals surface area contributed by atoms with Gasteiger partial charge in [0.15, 0.2) is 0 Å². The summed E-state index contributed by atoms with van der Waals surface area (Å²) in [7, 11) is 1.53. The number of amides is 1. The molecule has 122 valence electrons. The number of benzene rings is 1. The molecule has 3 N–H and O–H groups in total. The van der Waals surface area contributed by atoms with Gasteiger partial charge < -0.3 is 20.3 Å². The van der Waals surface area contributed by atoms with E-state index in [1.165, 1.54) is 7.11 Å². The number of carbonyl (C=O) groups excluding carboxylic acids is 1. The van der Waals surface area contributed by atoms with E-state index in [-0.39, 0.29) is 18.8 Å². The minimum Gasteiger partial charge on any atom is -0.497 e. The average molecular weight is 309 g/mol. The van der Waals surface area contributed by atoms with Crippen LogP contribution in [0, 0.1) is 5.92 Å². The molecule has 0 aliphatic rings. The molecule has 1 aromatic carbocycles. The summed E-state index contributed by atoms with van der Waals surface area (Å²) in [6.45, 7) is 3.75. The number of hydrogen-bond acceptors (Lipinski definition) is 4. The first-order chi connectivity index (χ1) is 10.3. The highest BCUT2D eigenvalue weighted by atomic mass is 16.5. The number of nitrogens with one attached hydrogen (secondary N) is 1. The average Bonchev–Trinajstić information content (AvgIpc) is 2.45. The molecule has 1 aromatic rings. The first-order valence-electron chi connectivity index (χ1n) is 7.17. The Morgan fingerprint density at radius 1 is 1.32 bits per heavy atom. The highest BCUT2D eigenvalue weighted by Crippen LogP contribution is 2.14. The molecular weight excluding hydrogens is 286 g/mol. The lowest BCUT2D eigenvalue weighted by Gasteiger charge is -2.18. The van der Waals surface area contributed by atoms with Crippen LogP contribution in [0.4, 0.5) is 0 Å². The van der Waals surface area contributed by atoms with E-state index in [2.05, 4.69) is 5.32 Å². The van der Waals surface area contributed by atoms with Crippen LogP contribution in [0.25, 0.3) is 0 Å². The summed E-state index contributed by atoms with van der Waals surface area (Å²) < 4.78 is 5.09. The lowest BCUT2D eigenvalue weighted by Crippen LogP contribution is -2.46. The lowest BCUT2D eigenvalue weighted by atomic mass is 10.0. The van der Waals surface area contributed by atoms with Crippen molar-refractivity contribution < 1.29 is 24.5 Å². The predicted molar refractivity (Wildman–Crippen MR) is 81.7 cm³/mol. The van der Waals surface area contributed by atoms with Crippen LogP contribution in [0.3, 0.4) is 0 Å². The topological polar surface area (TPSA) is 95.9 Å². The van der Waals surface area contributed by atoms with Gasteiger partial charge in [0.25, 0.3) is 0 Å². The van der Waals surface area contributed by atoms with Crippen molar-refractivity contribution in [1.82, 2.24) is 5.32 Å². The quantitative estimate of drug-likeness (QED) is 0.671. The Labute approximate surface area is 130 Å². The standard InChI is InChI=1S/C16H23NO5/c1-10(2)7-14(18)15(19)17-13(16(20)21)9-11-5-4-6-12(8-11)22-3/h4-6,8,10,13-14,18H,7,9H2,1-3H3,(H,17,19)(H,20,21)/t13-,14+/m1/s1. The van der Waals surface area contributed by atoms with Gasteiger partial charge in [0.1, 0.15) is 17.9 Å². The third-order valence-electron chi connectivity index (χ3n) is 3.19. The minimum absolute atomic E-state index is 0.118. The molecule has 0 saturated heterocycles. The Balaban J connectivity index is 2.73. The van der Waals surface area contributed by atoms with Crippen molar-refractivity contribution >= 4 is 11.9 Å². The maximum absolute atomic E-state index is 11.9. The molecule has 0 aliphatic heterocycles. The number of carboxylic acids is 1. The molecule has 6 nitrogen and oxygen atoms in total. The first-order valence-corrected chi connectivity index (χ1v) is 7.17. The Morgan fingerprint density at radius 3 is 2.55 bits per heavy atom. The van der Waals surface area contributed by atoms with E-state index in [1.807, 2.05) is 13.8 Å². The van der Waals surface area contributed by atoms with Gasteiger partial charge in [-0.15, -0.1) is 0 Å². The van der Waals surface area contributed by atoms with E-state index < -0.39 is 24.0 Å². The summed E-state index contributed by atoms with van der Waals surface area (Å²) in [5.74, 6) is -1.05. The molecule has 1 amide bonds. The second kappa shape index (κ2) is 8.38. The fourth-order valence-corrected chi connectivity index (χ4v) is 2.06. The largest absolute Gasteiger partial charge is 0.497 e. The van der Waals surface area contributed by atoms with Crippen LogP contribution in [-0.4, -0.2) is 41.3 Å². The zero-order valence-electron chi connectivity index (χ0n) is 13.1. The smallest absolute Gasteiger partial charge is 0.326 e. The van der Waals surface area contributed by atoms with Crippen LogP contribution >= 0.6 is 0 Å². The van der Waals surface area contributed by atoms with E-state index in [0.29, 0.717) is 5.75 Å². The number of aliphatic hydroxyl groups is 1. The van der Waals surface area contributed by atoms with Crippen molar-refractivity contribution in [3.63, 3.8) is 0 Å². The molecule has 0 aliphatic carbocycles. The number of aliphatic carboxylic acids is 1. The van der Waals surface area contributed by atoms with Gasteiger partial charge in [-0.2, -0.15) is 0 Å². The van der Waals surface area contributed by atoms with E-state index in [0.717, 1.165) is 5.56 Å². The van der Waals surface area contributed by atoms with Crippen molar-refractivity contribution in [3.8, 4) is 5.75 Å². The van der Waals surface area contributed by atoms with Crippen molar-refractivity contribution in [3.05, 3.63) is 29.8 Å². The van der Waals surface area contributed by atoms with Gasteiger partial charge >= 0.3 is 5.97 Å². The number of carbonyl (C=O) groups is 2. The molecule has 22 heavy (non-hydrogen) atoms. The van der Waals surface area contributed by atoms with Crippen LogP contribution in [-0.2, 0) is 16.0 Å². The maximum atomic E-state index is 11.9. The summed E-state index contributed by atoms with van der Waals surface area (Å²) in [4.78, 5) is 23.2. The van der Waals surface area contributed by atoms with Crippen LogP contribution in [0.1, 0.15) is 25.8 Å². The molecule has 0 unspecified atom stereocenters. The van der Waals surface area contributed by atoms with Gasteiger partial charge in [0.2, 0.25) is 5.91 Å². The highest BCUT2D eigenvalue weighted by Gasteiger charge is 2.24. The van der Waals surface area contributed by atoms with Gasteiger partial charge in [-0.25, -0.2) is 4.79 Å². The van der Waals surface area contributed by atoms with Gasteiger partial charge in [0, 0.05) is 6.42 Å². The zero-order valence-corrected chi connectivity index (χ0v) is 13.1. The van der Waals surface area contributed by atoms with E-state index in [1.54, 1.807) is 24.3 Å². The number of aliphatic hydroxyl groups excluding tert-OH is 1. The van der Waals surface area contributed by atoms with Crippen LogP contribution in [0.15, 0.2) is 24.3 Å². The summed E-state index contributed by atoms with van der Waals surface area (Å²) in [5.41, 5.74) is 0.727. The number of methoxy groups -OCH3 is 1. The molecular formula is C16H23NO5. The molecule has 0 saturated carbocycles. The van der Waals surface area contributed by atoms with Crippen molar-refractivity contribution in [2.75, 3.05) is 7.11 Å². The Bertz CT molecular complexity index is 515. The number of ether oxygens (including phenoxy) is 1. The fraction of sp³-hybridized carbons (Fsp3) is 0.500.